The van der Waals surface area contributed by atoms with Crippen molar-refractivity contribution in [3.05, 3.63) is 42.0 Å². The molecule has 0 radical (unpaired) electrons. The molecule has 4 rings (SSSR count). The Morgan fingerprint density at radius 1 is 1.11 bits per heavy atom. The molecule has 2 aromatic carbocycles. The monoisotopic (exact) mass is 383 g/mol. The van der Waals surface area contributed by atoms with E-state index in [-0.39, 0.29) is 18.6 Å². The van der Waals surface area contributed by atoms with Crippen molar-refractivity contribution in [2.75, 3.05) is 32.8 Å². The molecule has 5 heteroatoms. The number of amides is 1. The third-order valence-electron chi connectivity index (χ3n) is 5.89. The van der Waals surface area contributed by atoms with Crippen molar-refractivity contribution in [2.24, 2.45) is 0 Å². The molecule has 2 heterocycles. The first kappa shape index (κ1) is 19.2. The Balaban J connectivity index is 1.44. The molecule has 0 saturated carbocycles. The Hall–Kier alpha value is -2.11. The molecular weight excluding hydrogens is 352 g/mol. The number of ether oxygens (including phenoxy) is 2. The highest BCUT2D eigenvalue weighted by Crippen LogP contribution is 2.27. The minimum absolute atomic E-state index is 0.0490. The number of carbonyl (C=O) groups excluding carboxylic acids is 1. The molecule has 2 aliphatic heterocycles. The summed E-state index contributed by atoms with van der Waals surface area (Å²) in [5.74, 6) is 0.754. The largest absolute Gasteiger partial charge is 0.483 e. The quantitative estimate of drug-likeness (QED) is 0.770. The fraction of sp³-hybridized carbons (Fsp3) is 0.522. The summed E-state index contributed by atoms with van der Waals surface area (Å²) < 4.78 is 11.6. The van der Waals surface area contributed by atoms with Crippen LogP contribution in [0.15, 0.2) is 36.4 Å². The maximum absolute atomic E-state index is 12.2. The van der Waals surface area contributed by atoms with Gasteiger partial charge in [-0.25, -0.2) is 0 Å². The Morgan fingerprint density at radius 3 is 2.79 bits per heavy atom. The van der Waals surface area contributed by atoms with E-state index in [0.717, 1.165) is 31.7 Å². The van der Waals surface area contributed by atoms with Crippen LogP contribution in [0.4, 0.5) is 0 Å². The molecule has 2 aromatic rings. The third kappa shape index (κ3) is 4.83. The van der Waals surface area contributed by atoms with Gasteiger partial charge in [0.05, 0.1) is 24.8 Å². The number of fused-ring (bicyclic) bond motifs is 1. The number of nitrogens with one attached hydrogen (secondary N) is 2. The lowest BCUT2D eigenvalue weighted by Gasteiger charge is -2.25. The summed E-state index contributed by atoms with van der Waals surface area (Å²) in [5, 5.41) is 5.40. The van der Waals surface area contributed by atoms with Crippen molar-refractivity contribution < 1.29 is 19.2 Å². The fourth-order valence-corrected chi connectivity index (χ4v) is 4.34. The molecule has 0 aliphatic carbocycles. The van der Waals surface area contributed by atoms with Crippen molar-refractivity contribution in [3.8, 4) is 5.75 Å². The molecule has 28 heavy (non-hydrogen) atoms. The van der Waals surface area contributed by atoms with Crippen molar-refractivity contribution in [2.45, 2.75) is 44.8 Å². The average Bonchev–Trinajstić information content (AvgIpc) is 3.26. The number of piperidine rings is 1. The number of hydrogen-bond donors (Lipinski definition) is 2. The second-order valence-electron chi connectivity index (χ2n) is 7.98. The van der Waals surface area contributed by atoms with E-state index in [1.54, 1.807) is 4.90 Å². The van der Waals surface area contributed by atoms with Gasteiger partial charge in [-0.15, -0.1) is 0 Å². The van der Waals surface area contributed by atoms with Gasteiger partial charge in [-0.1, -0.05) is 30.3 Å². The Kier molecular flexibility index (Phi) is 6.45. The van der Waals surface area contributed by atoms with Gasteiger partial charge in [0, 0.05) is 13.2 Å². The van der Waals surface area contributed by atoms with Crippen LogP contribution in [0.5, 0.6) is 5.75 Å². The van der Waals surface area contributed by atoms with Crippen molar-refractivity contribution >= 4 is 16.7 Å². The number of hydrogen-bond acceptors (Lipinski definition) is 3. The summed E-state index contributed by atoms with van der Waals surface area (Å²) in [6.45, 7) is 4.80. The molecule has 2 fully saturated rings. The van der Waals surface area contributed by atoms with Gasteiger partial charge < -0.3 is 19.7 Å². The molecule has 5 nitrogen and oxygen atoms in total. The normalized spacial score (nSPS) is 20.4. The zero-order chi connectivity index (χ0) is 19.2. The van der Waals surface area contributed by atoms with Crippen LogP contribution in [0.3, 0.4) is 0 Å². The standard InChI is InChI=1S/C23H30N2O3/c26-23(24-15-19-8-6-14-27-19)17-28-22-11-10-18-7-2-3-9-20(18)21(22)16-25-12-4-1-5-13-25/h2-3,7,9-11,19H,1,4-6,8,12-17H2,(H,24,26)/p+1/t19-/m1/s1. The number of benzene rings is 2. The highest BCUT2D eigenvalue weighted by molar-refractivity contribution is 5.87. The average molecular weight is 384 g/mol. The SMILES string of the molecule is O=C(COc1ccc2ccccc2c1C[NH+]1CCCCC1)NC[C@H]1CCCO1. The lowest BCUT2D eigenvalue weighted by atomic mass is 10.0. The minimum atomic E-state index is -0.0834. The van der Waals surface area contributed by atoms with Crippen LogP contribution < -0.4 is 15.0 Å². The van der Waals surface area contributed by atoms with E-state index < -0.39 is 0 Å². The molecule has 0 aromatic heterocycles. The zero-order valence-electron chi connectivity index (χ0n) is 16.5. The van der Waals surface area contributed by atoms with Gasteiger partial charge in [0.2, 0.25) is 0 Å². The van der Waals surface area contributed by atoms with Gasteiger partial charge >= 0.3 is 0 Å². The highest BCUT2D eigenvalue weighted by Gasteiger charge is 2.20. The summed E-state index contributed by atoms with van der Waals surface area (Å²) in [6.07, 6.45) is 6.19. The first-order valence-electron chi connectivity index (χ1n) is 10.6. The van der Waals surface area contributed by atoms with E-state index in [2.05, 4.69) is 35.6 Å². The molecule has 1 amide bonds. The summed E-state index contributed by atoms with van der Waals surface area (Å²) in [7, 11) is 0. The van der Waals surface area contributed by atoms with Crippen LogP contribution in [-0.4, -0.2) is 44.9 Å². The topological polar surface area (TPSA) is 52.0 Å². The van der Waals surface area contributed by atoms with E-state index >= 15 is 0 Å². The van der Waals surface area contributed by atoms with E-state index in [1.807, 2.05) is 6.07 Å². The van der Waals surface area contributed by atoms with Gasteiger partial charge in [-0.05, 0) is 48.9 Å². The van der Waals surface area contributed by atoms with Gasteiger partial charge in [0.1, 0.15) is 12.3 Å². The smallest absolute Gasteiger partial charge is 0.258 e. The first-order valence-corrected chi connectivity index (χ1v) is 10.6. The number of likely N-dealkylation sites (tertiary alicyclic amines) is 1. The second-order valence-corrected chi connectivity index (χ2v) is 7.98. The molecule has 150 valence electrons. The van der Waals surface area contributed by atoms with E-state index in [4.69, 9.17) is 9.47 Å². The molecule has 0 unspecified atom stereocenters. The first-order chi connectivity index (χ1) is 13.8. The Labute approximate surface area is 167 Å². The van der Waals surface area contributed by atoms with Crippen LogP contribution in [0.2, 0.25) is 0 Å². The van der Waals surface area contributed by atoms with Gasteiger partial charge in [-0.3, -0.25) is 4.79 Å². The van der Waals surface area contributed by atoms with Crippen LogP contribution >= 0.6 is 0 Å². The number of rotatable bonds is 7. The van der Waals surface area contributed by atoms with Gasteiger partial charge in [0.25, 0.3) is 5.91 Å². The van der Waals surface area contributed by atoms with Gasteiger partial charge in [-0.2, -0.15) is 0 Å². The summed E-state index contributed by atoms with van der Waals surface area (Å²) in [4.78, 5) is 13.8. The zero-order valence-corrected chi connectivity index (χ0v) is 16.5. The van der Waals surface area contributed by atoms with Crippen molar-refractivity contribution in [3.63, 3.8) is 0 Å². The highest BCUT2D eigenvalue weighted by atomic mass is 16.5. The molecule has 2 saturated heterocycles. The predicted molar refractivity (Wildman–Crippen MR) is 110 cm³/mol. The van der Waals surface area contributed by atoms with Crippen LogP contribution in [0.1, 0.15) is 37.7 Å². The van der Waals surface area contributed by atoms with E-state index in [0.29, 0.717) is 6.54 Å². The van der Waals surface area contributed by atoms with E-state index in [9.17, 15) is 4.79 Å². The summed E-state index contributed by atoms with van der Waals surface area (Å²) in [6, 6.07) is 12.6. The predicted octanol–water partition coefficient (Wildman–Crippen LogP) is 2.08. The maximum atomic E-state index is 12.2. The maximum Gasteiger partial charge on any atom is 0.258 e. The van der Waals surface area contributed by atoms with Crippen LogP contribution in [-0.2, 0) is 16.1 Å². The molecule has 0 spiro atoms. The van der Waals surface area contributed by atoms with E-state index in [1.165, 1.54) is 48.7 Å². The molecule has 1 atom stereocenters. The number of quaternary nitrogens is 1. The lowest BCUT2D eigenvalue weighted by Crippen LogP contribution is -3.11. The van der Waals surface area contributed by atoms with Crippen LogP contribution in [0.25, 0.3) is 10.8 Å². The third-order valence-corrected chi connectivity index (χ3v) is 5.89. The fourth-order valence-electron chi connectivity index (χ4n) is 4.34. The van der Waals surface area contributed by atoms with Crippen molar-refractivity contribution in [1.82, 2.24) is 5.32 Å². The summed E-state index contributed by atoms with van der Waals surface area (Å²) >= 11 is 0. The van der Waals surface area contributed by atoms with Crippen molar-refractivity contribution in [1.29, 1.82) is 0 Å². The molecule has 2 N–H and O–H groups in total. The molecular formula is C23H31N2O3+. The Bertz CT molecular complexity index is 796. The second kappa shape index (κ2) is 9.39. The van der Waals surface area contributed by atoms with Gasteiger partial charge in [0.15, 0.2) is 6.61 Å². The summed E-state index contributed by atoms with van der Waals surface area (Å²) in [5.41, 5.74) is 1.22. The minimum Gasteiger partial charge on any atom is -0.483 e. The molecule has 2 aliphatic rings. The molecule has 0 bridgehead atoms. The van der Waals surface area contributed by atoms with Crippen LogP contribution in [0, 0.1) is 0 Å². The lowest BCUT2D eigenvalue weighted by molar-refractivity contribution is -0.918. The number of carbonyl (C=O) groups is 1. The Morgan fingerprint density at radius 2 is 1.96 bits per heavy atom.